The highest BCUT2D eigenvalue weighted by Gasteiger charge is 2.27. The molecule has 42 valence electrons. The summed E-state index contributed by atoms with van der Waals surface area (Å²) in [7, 11) is 0. The lowest BCUT2D eigenvalue weighted by atomic mass is 10.2. The van der Waals surface area contributed by atoms with E-state index in [1.807, 2.05) is 0 Å². The molecule has 0 radical (unpaired) electrons. The topological polar surface area (TPSA) is 38.7 Å². The van der Waals surface area contributed by atoms with E-state index in [0.29, 0.717) is 13.0 Å². The first-order valence-electron chi connectivity index (χ1n) is 2.24. The quantitative estimate of drug-likeness (QED) is 0.441. The molecule has 1 heterocycles. The van der Waals surface area contributed by atoms with Crippen LogP contribution < -0.4 is 0 Å². The van der Waals surface area contributed by atoms with Crippen molar-refractivity contribution in [2.75, 3.05) is 6.61 Å². The van der Waals surface area contributed by atoms with Gasteiger partial charge in [-0.15, -0.1) is 0 Å². The molecule has 0 amide bonds. The fourth-order valence-electron chi connectivity index (χ4n) is 0.441. The number of rotatable bonds is 0. The Balaban J connectivity index is 2.40. The summed E-state index contributed by atoms with van der Waals surface area (Å²) in [4.78, 5) is 8.81. The van der Waals surface area contributed by atoms with Crippen LogP contribution in [0.25, 0.3) is 0 Å². The molecule has 0 aromatic carbocycles. The summed E-state index contributed by atoms with van der Waals surface area (Å²) in [5.74, 6) is -1.03. The normalized spacial score (nSPS) is 42.0. The van der Waals surface area contributed by atoms with Gasteiger partial charge in [-0.05, 0) is 6.92 Å². The molecule has 1 atom stereocenters. The first-order chi connectivity index (χ1) is 3.21. The van der Waals surface area contributed by atoms with Crippen LogP contribution in [0.4, 0.5) is 0 Å². The lowest BCUT2D eigenvalue weighted by molar-refractivity contribution is -0.360. The van der Waals surface area contributed by atoms with Crippen molar-refractivity contribution in [2.45, 2.75) is 19.1 Å². The van der Waals surface area contributed by atoms with Crippen LogP contribution in [0.15, 0.2) is 0 Å². The van der Waals surface area contributed by atoms with Crippen LogP contribution in [0.1, 0.15) is 13.3 Å². The van der Waals surface area contributed by atoms with Crippen molar-refractivity contribution in [1.82, 2.24) is 0 Å². The fraction of sp³-hybridized carbons (Fsp3) is 1.00. The van der Waals surface area contributed by atoms with Gasteiger partial charge in [-0.2, -0.15) is 0 Å². The predicted octanol–water partition coefficient (Wildman–Crippen LogP) is 0.0468. The van der Waals surface area contributed by atoms with Crippen molar-refractivity contribution in [3.8, 4) is 0 Å². The van der Waals surface area contributed by atoms with E-state index < -0.39 is 5.79 Å². The SMILES string of the molecule is CC1(O)CCOO1. The summed E-state index contributed by atoms with van der Waals surface area (Å²) in [6.45, 7) is 2.06. The summed E-state index contributed by atoms with van der Waals surface area (Å²) in [6.07, 6.45) is 0.562. The van der Waals surface area contributed by atoms with Crippen molar-refractivity contribution in [3.05, 3.63) is 0 Å². The second kappa shape index (κ2) is 1.43. The zero-order chi connectivity index (χ0) is 5.33. The summed E-state index contributed by atoms with van der Waals surface area (Å²) in [5.41, 5.74) is 0. The molecule has 1 aliphatic heterocycles. The van der Waals surface area contributed by atoms with Crippen LogP contribution in [0.2, 0.25) is 0 Å². The van der Waals surface area contributed by atoms with Crippen molar-refractivity contribution < 1.29 is 14.9 Å². The van der Waals surface area contributed by atoms with Crippen molar-refractivity contribution in [3.63, 3.8) is 0 Å². The third kappa shape index (κ3) is 1.12. The van der Waals surface area contributed by atoms with E-state index in [9.17, 15) is 0 Å². The van der Waals surface area contributed by atoms with Gasteiger partial charge in [-0.1, -0.05) is 0 Å². The Bertz CT molecular complexity index is 61.3. The maximum atomic E-state index is 8.85. The Hall–Kier alpha value is -0.120. The van der Waals surface area contributed by atoms with Gasteiger partial charge in [0.25, 0.3) is 0 Å². The van der Waals surface area contributed by atoms with Gasteiger partial charge < -0.3 is 5.11 Å². The van der Waals surface area contributed by atoms with Gasteiger partial charge in [-0.3, -0.25) is 0 Å². The standard InChI is InChI=1S/C4H8O3/c1-4(5)2-3-6-7-4/h5H,2-3H2,1H3. The first kappa shape index (κ1) is 5.03. The van der Waals surface area contributed by atoms with Gasteiger partial charge in [0.15, 0.2) is 5.79 Å². The summed E-state index contributed by atoms with van der Waals surface area (Å²) in [5, 5.41) is 8.85. The molecule has 0 aromatic heterocycles. The monoisotopic (exact) mass is 104 g/mol. The lowest BCUT2D eigenvalue weighted by Gasteiger charge is -2.08. The Kier molecular flexibility index (Phi) is 1.03. The van der Waals surface area contributed by atoms with Crippen LogP contribution in [0.3, 0.4) is 0 Å². The summed E-state index contributed by atoms with van der Waals surface area (Å²) < 4.78 is 0. The summed E-state index contributed by atoms with van der Waals surface area (Å²) in [6, 6.07) is 0. The Morgan fingerprint density at radius 3 is 2.57 bits per heavy atom. The molecule has 1 N–H and O–H groups in total. The van der Waals surface area contributed by atoms with E-state index in [1.54, 1.807) is 6.92 Å². The maximum Gasteiger partial charge on any atom is 0.198 e. The summed E-state index contributed by atoms with van der Waals surface area (Å²) >= 11 is 0. The molecule has 1 aliphatic rings. The minimum absolute atomic E-state index is 0.493. The molecule has 0 aromatic rings. The van der Waals surface area contributed by atoms with Gasteiger partial charge in [0.2, 0.25) is 0 Å². The highest BCUT2D eigenvalue weighted by atomic mass is 17.2. The van der Waals surface area contributed by atoms with Crippen LogP contribution in [-0.4, -0.2) is 17.5 Å². The Morgan fingerprint density at radius 2 is 2.43 bits per heavy atom. The van der Waals surface area contributed by atoms with Gasteiger partial charge in [0.1, 0.15) is 0 Å². The minimum Gasteiger partial charge on any atom is -0.363 e. The Morgan fingerprint density at radius 1 is 1.71 bits per heavy atom. The second-order valence-corrected chi connectivity index (χ2v) is 1.83. The molecule has 0 spiro atoms. The van der Waals surface area contributed by atoms with Crippen molar-refractivity contribution in [1.29, 1.82) is 0 Å². The minimum atomic E-state index is -1.03. The van der Waals surface area contributed by atoms with E-state index in [0.717, 1.165) is 0 Å². The van der Waals surface area contributed by atoms with Crippen molar-refractivity contribution >= 4 is 0 Å². The maximum absolute atomic E-state index is 8.85. The highest BCUT2D eigenvalue weighted by Crippen LogP contribution is 2.17. The molecular weight excluding hydrogens is 96.0 g/mol. The zero-order valence-electron chi connectivity index (χ0n) is 4.18. The molecule has 3 nitrogen and oxygen atoms in total. The third-order valence-corrected chi connectivity index (χ3v) is 0.888. The van der Waals surface area contributed by atoms with E-state index in [1.165, 1.54) is 0 Å². The van der Waals surface area contributed by atoms with Crippen LogP contribution in [0, 0.1) is 0 Å². The molecule has 0 bridgehead atoms. The molecule has 1 rings (SSSR count). The second-order valence-electron chi connectivity index (χ2n) is 1.83. The number of hydrogen-bond acceptors (Lipinski definition) is 3. The van der Waals surface area contributed by atoms with Gasteiger partial charge >= 0.3 is 0 Å². The lowest BCUT2D eigenvalue weighted by Crippen LogP contribution is -2.20. The molecule has 3 heteroatoms. The third-order valence-electron chi connectivity index (χ3n) is 0.888. The van der Waals surface area contributed by atoms with Crippen LogP contribution >= 0.6 is 0 Å². The van der Waals surface area contributed by atoms with Crippen LogP contribution in [0.5, 0.6) is 0 Å². The van der Waals surface area contributed by atoms with Gasteiger partial charge in [0.05, 0.1) is 6.61 Å². The largest absolute Gasteiger partial charge is 0.363 e. The molecule has 1 saturated heterocycles. The van der Waals surface area contributed by atoms with Crippen LogP contribution in [-0.2, 0) is 9.78 Å². The number of aliphatic hydroxyl groups is 1. The predicted molar refractivity (Wildman–Crippen MR) is 22.3 cm³/mol. The van der Waals surface area contributed by atoms with Gasteiger partial charge in [0, 0.05) is 6.42 Å². The highest BCUT2D eigenvalue weighted by molar-refractivity contribution is 4.59. The molecular formula is C4H8O3. The average Bonchev–Trinajstić information content (AvgIpc) is 1.84. The van der Waals surface area contributed by atoms with E-state index in [2.05, 4.69) is 9.78 Å². The molecule has 0 aliphatic carbocycles. The first-order valence-corrected chi connectivity index (χ1v) is 2.24. The van der Waals surface area contributed by atoms with Gasteiger partial charge in [-0.25, -0.2) is 9.78 Å². The van der Waals surface area contributed by atoms with E-state index >= 15 is 0 Å². The number of hydrogen-bond donors (Lipinski definition) is 1. The molecule has 1 unspecified atom stereocenters. The van der Waals surface area contributed by atoms with E-state index in [-0.39, 0.29) is 0 Å². The zero-order valence-corrected chi connectivity index (χ0v) is 4.18. The van der Waals surface area contributed by atoms with Crippen molar-refractivity contribution in [2.24, 2.45) is 0 Å². The molecule has 1 fully saturated rings. The molecule has 0 saturated carbocycles. The smallest absolute Gasteiger partial charge is 0.198 e. The average molecular weight is 104 g/mol. The fourth-order valence-corrected chi connectivity index (χ4v) is 0.441. The van der Waals surface area contributed by atoms with E-state index in [4.69, 9.17) is 5.11 Å². The Labute approximate surface area is 41.8 Å². The molecule has 7 heavy (non-hydrogen) atoms.